The number of esters is 1. The number of benzene rings is 1. The Hall–Kier alpha value is -3.14. The molecule has 0 aromatic heterocycles. The number of rotatable bonds is 17. The number of amides is 3. The van der Waals surface area contributed by atoms with Crippen molar-refractivity contribution in [1.29, 1.82) is 0 Å². The molecule has 0 radical (unpaired) electrons. The van der Waals surface area contributed by atoms with Crippen LogP contribution in [0.25, 0.3) is 0 Å². The number of aryl methyl sites for hydroxylation is 2. The minimum absolute atomic E-state index is 0.00995. The quantitative estimate of drug-likeness (QED) is 0.117. The highest BCUT2D eigenvalue weighted by molar-refractivity contribution is 5.86. The minimum atomic E-state index is -1.15. The molecule has 0 bridgehead atoms. The molecule has 0 spiro atoms. The van der Waals surface area contributed by atoms with Crippen LogP contribution < -0.4 is 16.0 Å². The van der Waals surface area contributed by atoms with Gasteiger partial charge < -0.3 is 30.5 Å². The van der Waals surface area contributed by atoms with Gasteiger partial charge in [0.05, 0.1) is 6.61 Å². The Morgan fingerprint density at radius 1 is 0.881 bits per heavy atom. The molecular formula is C32H53N3O7. The topological polar surface area (TPSA) is 143 Å². The normalized spacial score (nSPS) is 13.0. The fraction of sp³-hybridized carbons (Fsp3) is 0.688. The molecule has 1 rings (SSSR count). The summed E-state index contributed by atoms with van der Waals surface area (Å²) >= 11 is 0. The summed E-state index contributed by atoms with van der Waals surface area (Å²) in [4.78, 5) is 49.5. The summed E-state index contributed by atoms with van der Waals surface area (Å²) in [5, 5.41) is 18.2. The van der Waals surface area contributed by atoms with Gasteiger partial charge in [0.1, 0.15) is 17.9 Å². The molecule has 3 amide bonds. The van der Waals surface area contributed by atoms with Gasteiger partial charge in [0.25, 0.3) is 0 Å². The number of hydrogen-bond acceptors (Lipinski definition) is 7. The lowest BCUT2D eigenvalue weighted by atomic mass is 9.93. The Labute approximate surface area is 251 Å². The number of hydrogen-bond donors (Lipinski definition) is 4. The van der Waals surface area contributed by atoms with Crippen LogP contribution >= 0.6 is 0 Å². The standard InChI is InChI=1S/C32H53N3O7/c1-23-14-16-24(17-15-23)11-10-13-26(36)33-21-9-8-12-27(37)35-29(39)25(18-19-28(38)42-32(5,6)7)34-30(40)41-22-20-31(2,3)4/h14-17,25,27,37H,8-13,18-22H2,1-7H3,(H,33,36)(H,34,40)(H,35,39)/t25-,27?/m0/s1. The fourth-order valence-corrected chi connectivity index (χ4v) is 3.88. The number of carbonyl (C=O) groups is 4. The number of aliphatic hydroxyl groups excluding tert-OH is 1. The predicted molar refractivity (Wildman–Crippen MR) is 163 cm³/mol. The molecule has 0 saturated heterocycles. The molecule has 2 atom stereocenters. The maximum Gasteiger partial charge on any atom is 0.407 e. The van der Waals surface area contributed by atoms with E-state index >= 15 is 0 Å². The van der Waals surface area contributed by atoms with Crippen LogP contribution in [0.1, 0.15) is 104 Å². The van der Waals surface area contributed by atoms with Crippen LogP contribution in [0.15, 0.2) is 24.3 Å². The van der Waals surface area contributed by atoms with Gasteiger partial charge in [-0.05, 0) is 83.6 Å². The third kappa shape index (κ3) is 19.1. The monoisotopic (exact) mass is 591 g/mol. The summed E-state index contributed by atoms with van der Waals surface area (Å²) < 4.78 is 10.5. The predicted octanol–water partition coefficient (Wildman–Crippen LogP) is 4.69. The molecule has 0 fully saturated rings. The summed E-state index contributed by atoms with van der Waals surface area (Å²) in [6, 6.07) is 7.20. The van der Waals surface area contributed by atoms with Crippen LogP contribution in [0.5, 0.6) is 0 Å². The summed E-state index contributed by atoms with van der Waals surface area (Å²) in [7, 11) is 0. The van der Waals surface area contributed by atoms with E-state index in [4.69, 9.17) is 9.47 Å². The summed E-state index contributed by atoms with van der Waals surface area (Å²) in [6.45, 7) is 14.0. The molecule has 1 aromatic rings. The molecular weight excluding hydrogens is 538 g/mol. The molecule has 0 aliphatic rings. The van der Waals surface area contributed by atoms with Crippen molar-refractivity contribution in [3.8, 4) is 0 Å². The molecule has 238 valence electrons. The maximum absolute atomic E-state index is 12.9. The average Bonchev–Trinajstić information content (AvgIpc) is 2.85. The Bertz CT molecular complexity index is 981. The van der Waals surface area contributed by atoms with E-state index in [1.165, 1.54) is 11.1 Å². The fourth-order valence-electron chi connectivity index (χ4n) is 3.88. The van der Waals surface area contributed by atoms with E-state index in [0.29, 0.717) is 32.2 Å². The highest BCUT2D eigenvalue weighted by Gasteiger charge is 2.26. The first-order valence-corrected chi connectivity index (χ1v) is 15.0. The molecule has 0 aliphatic carbocycles. The zero-order chi connectivity index (χ0) is 31.8. The largest absolute Gasteiger partial charge is 0.460 e. The van der Waals surface area contributed by atoms with Gasteiger partial charge in [-0.15, -0.1) is 0 Å². The van der Waals surface area contributed by atoms with Crippen molar-refractivity contribution in [2.75, 3.05) is 13.2 Å². The second kappa shape index (κ2) is 18.4. The summed E-state index contributed by atoms with van der Waals surface area (Å²) in [5.41, 5.74) is 1.72. The van der Waals surface area contributed by atoms with Gasteiger partial charge >= 0.3 is 12.1 Å². The van der Waals surface area contributed by atoms with Crippen LogP contribution in [0, 0.1) is 12.3 Å². The Kier molecular flexibility index (Phi) is 16.2. The highest BCUT2D eigenvalue weighted by atomic mass is 16.6. The van der Waals surface area contributed by atoms with Crippen molar-refractivity contribution in [2.45, 2.75) is 124 Å². The summed E-state index contributed by atoms with van der Waals surface area (Å²) in [5.74, 6) is -1.13. The lowest BCUT2D eigenvalue weighted by Crippen LogP contribution is -2.50. The molecule has 0 saturated carbocycles. The second-order valence-electron chi connectivity index (χ2n) is 13.0. The number of aliphatic hydroxyl groups is 1. The third-order valence-corrected chi connectivity index (χ3v) is 6.28. The van der Waals surface area contributed by atoms with Gasteiger partial charge in [-0.25, -0.2) is 4.79 Å². The van der Waals surface area contributed by atoms with E-state index in [2.05, 4.69) is 40.2 Å². The van der Waals surface area contributed by atoms with Crippen molar-refractivity contribution in [3.63, 3.8) is 0 Å². The summed E-state index contributed by atoms with van der Waals surface area (Å²) in [6.07, 6.45) is 2.14. The van der Waals surface area contributed by atoms with Crippen molar-refractivity contribution < 1.29 is 33.8 Å². The van der Waals surface area contributed by atoms with E-state index in [1.54, 1.807) is 20.8 Å². The molecule has 42 heavy (non-hydrogen) atoms. The van der Waals surface area contributed by atoms with Gasteiger partial charge in [-0.1, -0.05) is 50.6 Å². The van der Waals surface area contributed by atoms with Crippen molar-refractivity contribution in [1.82, 2.24) is 16.0 Å². The van der Waals surface area contributed by atoms with E-state index in [-0.39, 0.29) is 37.2 Å². The average molecular weight is 592 g/mol. The number of carbonyl (C=O) groups excluding carboxylic acids is 4. The Morgan fingerprint density at radius 2 is 1.55 bits per heavy atom. The first-order valence-electron chi connectivity index (χ1n) is 15.0. The minimum Gasteiger partial charge on any atom is -0.460 e. The smallest absolute Gasteiger partial charge is 0.407 e. The lowest BCUT2D eigenvalue weighted by molar-refractivity contribution is -0.155. The van der Waals surface area contributed by atoms with Gasteiger partial charge in [0, 0.05) is 19.4 Å². The van der Waals surface area contributed by atoms with Gasteiger partial charge in [-0.2, -0.15) is 0 Å². The number of nitrogens with one attached hydrogen (secondary N) is 3. The Balaban J connectivity index is 2.42. The number of ether oxygens (including phenoxy) is 2. The third-order valence-electron chi connectivity index (χ3n) is 6.28. The van der Waals surface area contributed by atoms with E-state index in [9.17, 15) is 24.3 Å². The zero-order valence-electron chi connectivity index (χ0n) is 26.6. The van der Waals surface area contributed by atoms with Gasteiger partial charge in [-0.3, -0.25) is 14.4 Å². The first-order chi connectivity index (χ1) is 19.5. The van der Waals surface area contributed by atoms with E-state index < -0.39 is 35.8 Å². The van der Waals surface area contributed by atoms with Crippen LogP contribution in [0.2, 0.25) is 0 Å². The second-order valence-corrected chi connectivity index (χ2v) is 13.0. The highest BCUT2D eigenvalue weighted by Crippen LogP contribution is 2.18. The molecule has 0 heterocycles. The lowest BCUT2D eigenvalue weighted by Gasteiger charge is -2.23. The SMILES string of the molecule is Cc1ccc(CCCC(=O)NCCCCC(O)NC(=O)[C@H](CCC(=O)OC(C)(C)C)NC(=O)OCCC(C)(C)C)cc1. The first kappa shape index (κ1) is 36.9. The molecule has 10 nitrogen and oxygen atoms in total. The van der Waals surface area contributed by atoms with Crippen LogP contribution in [0.4, 0.5) is 4.79 Å². The molecule has 1 aromatic carbocycles. The molecule has 4 N–H and O–H groups in total. The van der Waals surface area contributed by atoms with Crippen molar-refractivity contribution >= 4 is 23.9 Å². The number of alkyl carbamates (subject to hydrolysis) is 1. The Morgan fingerprint density at radius 3 is 2.17 bits per heavy atom. The van der Waals surface area contributed by atoms with Crippen LogP contribution in [0.3, 0.4) is 0 Å². The zero-order valence-corrected chi connectivity index (χ0v) is 26.6. The van der Waals surface area contributed by atoms with E-state index in [1.807, 2.05) is 27.7 Å². The molecule has 10 heteroatoms. The van der Waals surface area contributed by atoms with Gasteiger partial charge in [0.15, 0.2) is 0 Å². The van der Waals surface area contributed by atoms with Gasteiger partial charge in [0.2, 0.25) is 11.8 Å². The van der Waals surface area contributed by atoms with Crippen molar-refractivity contribution in [2.24, 2.45) is 5.41 Å². The maximum atomic E-state index is 12.9. The number of unbranched alkanes of at least 4 members (excludes halogenated alkanes) is 1. The van der Waals surface area contributed by atoms with Crippen molar-refractivity contribution in [3.05, 3.63) is 35.4 Å². The molecule has 0 aliphatic heterocycles. The van der Waals surface area contributed by atoms with E-state index in [0.717, 1.165) is 12.8 Å². The van der Waals surface area contributed by atoms with Crippen LogP contribution in [-0.4, -0.2) is 60.0 Å². The molecule has 1 unspecified atom stereocenters. The van der Waals surface area contributed by atoms with Crippen LogP contribution in [-0.2, 0) is 30.3 Å².